The molecule has 0 aliphatic carbocycles. The number of rotatable bonds is 5. The van der Waals surface area contributed by atoms with Crippen LogP contribution in [0.3, 0.4) is 0 Å². The Morgan fingerprint density at radius 1 is 1.44 bits per heavy atom. The third-order valence-corrected chi connectivity index (χ3v) is 4.30. The summed E-state index contributed by atoms with van der Waals surface area (Å²) in [6.45, 7) is 4.02. The van der Waals surface area contributed by atoms with E-state index in [0.29, 0.717) is 17.5 Å². The second-order valence-electron chi connectivity index (χ2n) is 6.09. The normalized spacial score (nSPS) is 13.4. The lowest BCUT2D eigenvalue weighted by atomic mass is 9.80. The number of pyridine rings is 1. The first-order valence-corrected chi connectivity index (χ1v) is 8.10. The van der Waals surface area contributed by atoms with Crippen LogP contribution in [0.4, 0.5) is 0 Å². The van der Waals surface area contributed by atoms with Crippen LogP contribution in [0.1, 0.15) is 34.4 Å². The molecule has 1 unspecified atom stereocenters. The number of nitrogens with zero attached hydrogens (tertiary/aromatic N) is 4. The molecule has 0 aliphatic rings. The minimum absolute atomic E-state index is 0.241. The van der Waals surface area contributed by atoms with Crippen LogP contribution in [-0.2, 0) is 12.5 Å². The highest BCUT2D eigenvalue weighted by atomic mass is 35.5. The molecule has 0 radical (unpaired) electrons. The molecule has 0 bridgehead atoms. The summed E-state index contributed by atoms with van der Waals surface area (Å²) >= 11 is 6.06. The molecule has 0 aromatic carbocycles. The molecule has 8 heteroatoms. The van der Waals surface area contributed by atoms with Gasteiger partial charge < -0.3 is 9.84 Å². The molecule has 3 aromatic heterocycles. The van der Waals surface area contributed by atoms with Crippen molar-refractivity contribution in [2.75, 3.05) is 6.54 Å². The Morgan fingerprint density at radius 3 is 2.84 bits per heavy atom. The van der Waals surface area contributed by atoms with E-state index >= 15 is 0 Å². The fraction of sp³-hybridized carbons (Fsp3) is 0.294. The van der Waals surface area contributed by atoms with E-state index in [1.54, 1.807) is 29.9 Å². The first kappa shape index (κ1) is 17.2. The zero-order valence-electron chi connectivity index (χ0n) is 14.2. The predicted octanol–water partition coefficient (Wildman–Crippen LogP) is 2.50. The molecule has 0 fully saturated rings. The first-order chi connectivity index (χ1) is 11.9. The van der Waals surface area contributed by atoms with E-state index in [9.17, 15) is 4.79 Å². The third kappa shape index (κ3) is 3.56. The lowest BCUT2D eigenvalue weighted by Gasteiger charge is -2.28. The summed E-state index contributed by atoms with van der Waals surface area (Å²) < 4.78 is 6.66. The first-order valence-electron chi connectivity index (χ1n) is 7.72. The van der Waals surface area contributed by atoms with Gasteiger partial charge in [-0.05, 0) is 26.0 Å². The van der Waals surface area contributed by atoms with E-state index in [-0.39, 0.29) is 11.6 Å². The summed E-state index contributed by atoms with van der Waals surface area (Å²) in [6, 6.07) is 7.02. The van der Waals surface area contributed by atoms with Crippen LogP contribution >= 0.6 is 11.6 Å². The molecule has 1 atom stereocenters. The maximum absolute atomic E-state index is 12.3. The zero-order valence-corrected chi connectivity index (χ0v) is 14.9. The van der Waals surface area contributed by atoms with Crippen molar-refractivity contribution >= 4 is 17.5 Å². The number of hydrogen-bond donors (Lipinski definition) is 1. The van der Waals surface area contributed by atoms with Crippen molar-refractivity contribution in [2.24, 2.45) is 7.05 Å². The number of aromatic nitrogens is 4. The quantitative estimate of drug-likeness (QED) is 0.707. The Bertz CT molecular complexity index is 904. The Labute approximate surface area is 150 Å². The highest BCUT2D eigenvalue weighted by molar-refractivity contribution is 6.29. The number of carbonyl (C=O) groups excluding carboxylic acids is 1. The average molecular weight is 360 g/mol. The van der Waals surface area contributed by atoms with Gasteiger partial charge in [-0.3, -0.25) is 9.48 Å². The van der Waals surface area contributed by atoms with E-state index in [4.69, 9.17) is 16.1 Å². The van der Waals surface area contributed by atoms with Crippen molar-refractivity contribution in [3.63, 3.8) is 0 Å². The fourth-order valence-corrected chi connectivity index (χ4v) is 2.75. The number of nitrogens with one attached hydrogen (secondary N) is 1. The van der Waals surface area contributed by atoms with Crippen molar-refractivity contribution in [3.05, 3.63) is 64.5 Å². The molecule has 0 aliphatic heterocycles. The molecule has 130 valence electrons. The summed E-state index contributed by atoms with van der Waals surface area (Å²) in [5.41, 5.74) is 1.30. The molecule has 0 saturated heterocycles. The molecule has 0 spiro atoms. The van der Waals surface area contributed by atoms with Gasteiger partial charge >= 0.3 is 0 Å². The average Bonchev–Trinajstić information content (AvgIpc) is 3.21. The highest BCUT2D eigenvalue weighted by Gasteiger charge is 2.33. The van der Waals surface area contributed by atoms with Gasteiger partial charge in [-0.1, -0.05) is 22.8 Å². The molecule has 3 heterocycles. The Balaban J connectivity index is 1.90. The standard InChI is InChI=1S/C17H18ClN5O2/c1-11-7-13(22-25-11)16(24)19-10-17(2,12-8-20-23(3)9-12)14-5-4-6-15(18)21-14/h4-9H,10H2,1-3H3,(H,19,24). The maximum Gasteiger partial charge on any atom is 0.273 e. The van der Waals surface area contributed by atoms with Crippen molar-refractivity contribution in [1.29, 1.82) is 0 Å². The number of hydrogen-bond acceptors (Lipinski definition) is 5. The summed E-state index contributed by atoms with van der Waals surface area (Å²) in [7, 11) is 1.84. The summed E-state index contributed by atoms with van der Waals surface area (Å²) in [5, 5.41) is 11.3. The van der Waals surface area contributed by atoms with Gasteiger partial charge in [0.1, 0.15) is 10.9 Å². The van der Waals surface area contributed by atoms with Crippen LogP contribution in [0.25, 0.3) is 0 Å². The van der Waals surface area contributed by atoms with Gasteiger partial charge in [-0.15, -0.1) is 0 Å². The zero-order chi connectivity index (χ0) is 18.0. The molecular formula is C17H18ClN5O2. The monoisotopic (exact) mass is 359 g/mol. The smallest absolute Gasteiger partial charge is 0.273 e. The molecule has 25 heavy (non-hydrogen) atoms. The lowest BCUT2D eigenvalue weighted by molar-refractivity contribution is 0.0938. The second-order valence-corrected chi connectivity index (χ2v) is 6.47. The number of aryl methyl sites for hydroxylation is 2. The number of carbonyl (C=O) groups is 1. The topological polar surface area (TPSA) is 85.8 Å². The Morgan fingerprint density at radius 2 is 2.24 bits per heavy atom. The van der Waals surface area contributed by atoms with Crippen LogP contribution < -0.4 is 5.32 Å². The molecule has 3 aromatic rings. The van der Waals surface area contributed by atoms with Crippen LogP contribution in [0, 0.1) is 6.92 Å². The number of halogens is 1. The van der Waals surface area contributed by atoms with Gasteiger partial charge in [0.2, 0.25) is 0 Å². The predicted molar refractivity (Wildman–Crippen MR) is 92.5 cm³/mol. The largest absolute Gasteiger partial charge is 0.361 e. The number of amides is 1. The fourth-order valence-electron chi connectivity index (χ4n) is 2.58. The molecule has 7 nitrogen and oxygen atoms in total. The SMILES string of the molecule is Cc1cc(C(=O)NCC(C)(c2cnn(C)c2)c2cccc(Cl)n2)no1. The Hall–Kier alpha value is -2.67. The summed E-state index contributed by atoms with van der Waals surface area (Å²) in [6.07, 6.45) is 3.66. The summed E-state index contributed by atoms with van der Waals surface area (Å²) in [4.78, 5) is 16.8. The van der Waals surface area contributed by atoms with Crippen LogP contribution in [0.5, 0.6) is 0 Å². The van der Waals surface area contributed by atoms with Gasteiger partial charge in [-0.2, -0.15) is 5.10 Å². The molecule has 1 N–H and O–H groups in total. The van der Waals surface area contributed by atoms with Crippen molar-refractivity contribution in [2.45, 2.75) is 19.3 Å². The van der Waals surface area contributed by atoms with Gasteiger partial charge in [0.25, 0.3) is 5.91 Å². The van der Waals surface area contributed by atoms with Gasteiger partial charge in [0.05, 0.1) is 17.3 Å². The van der Waals surface area contributed by atoms with Gasteiger partial charge in [-0.25, -0.2) is 4.98 Å². The van der Waals surface area contributed by atoms with E-state index < -0.39 is 5.41 Å². The van der Waals surface area contributed by atoms with E-state index in [2.05, 4.69) is 20.6 Å². The second kappa shape index (κ2) is 6.68. The van der Waals surface area contributed by atoms with Crippen molar-refractivity contribution in [1.82, 2.24) is 25.2 Å². The van der Waals surface area contributed by atoms with Crippen molar-refractivity contribution in [3.8, 4) is 0 Å². The maximum atomic E-state index is 12.3. The van der Waals surface area contributed by atoms with E-state index in [0.717, 1.165) is 11.3 Å². The molecule has 0 saturated carbocycles. The lowest BCUT2D eigenvalue weighted by Crippen LogP contribution is -2.40. The summed E-state index contributed by atoms with van der Waals surface area (Å²) in [5.74, 6) is 0.269. The van der Waals surface area contributed by atoms with E-state index in [1.165, 1.54) is 0 Å². The molecule has 1 amide bonds. The molecule has 3 rings (SSSR count). The van der Waals surface area contributed by atoms with Gasteiger partial charge in [0, 0.05) is 31.4 Å². The third-order valence-electron chi connectivity index (χ3n) is 4.09. The highest BCUT2D eigenvalue weighted by Crippen LogP contribution is 2.30. The minimum atomic E-state index is -0.604. The molecular weight excluding hydrogens is 342 g/mol. The Kier molecular flexibility index (Phi) is 4.59. The minimum Gasteiger partial charge on any atom is -0.361 e. The van der Waals surface area contributed by atoms with Crippen LogP contribution in [0.2, 0.25) is 5.15 Å². The van der Waals surface area contributed by atoms with E-state index in [1.807, 2.05) is 32.3 Å². The van der Waals surface area contributed by atoms with Crippen molar-refractivity contribution < 1.29 is 9.32 Å². The van der Waals surface area contributed by atoms with Crippen LogP contribution in [-0.4, -0.2) is 32.4 Å². The van der Waals surface area contributed by atoms with Gasteiger partial charge in [0.15, 0.2) is 5.69 Å². The van der Waals surface area contributed by atoms with Crippen LogP contribution in [0.15, 0.2) is 41.2 Å².